The van der Waals surface area contributed by atoms with Crippen LogP contribution in [0.1, 0.15) is 22.9 Å². The van der Waals surface area contributed by atoms with E-state index in [-0.39, 0.29) is 23.7 Å². The molecule has 2 heterocycles. The lowest BCUT2D eigenvalue weighted by atomic mass is 9.90. The first-order valence-corrected chi connectivity index (χ1v) is 8.35. The number of non-ortho nitro benzene ring substituents is 1. The van der Waals surface area contributed by atoms with Crippen molar-refractivity contribution in [2.45, 2.75) is 18.5 Å². The SMILES string of the molecule is COC(=O)[C@H]1Cc2c([nH]c3ccccc23)[C@@H](c2ccc([N+](=O)[O-])cc2)[NH2+]1. The van der Waals surface area contributed by atoms with E-state index in [9.17, 15) is 14.9 Å². The van der Waals surface area contributed by atoms with Crippen molar-refractivity contribution in [2.75, 3.05) is 7.11 Å². The molecular weight excluding hydrogens is 334 g/mol. The topological polar surface area (TPSA) is 102 Å². The Labute approximate surface area is 149 Å². The molecule has 0 bridgehead atoms. The van der Waals surface area contributed by atoms with Gasteiger partial charge in [-0.1, -0.05) is 18.2 Å². The molecule has 1 aromatic heterocycles. The summed E-state index contributed by atoms with van der Waals surface area (Å²) in [4.78, 5) is 26.2. The number of carbonyl (C=O) groups is 1. The molecule has 0 fully saturated rings. The predicted octanol–water partition coefficient (Wildman–Crippen LogP) is 1.83. The quantitative estimate of drug-likeness (QED) is 0.426. The summed E-state index contributed by atoms with van der Waals surface area (Å²) < 4.78 is 4.96. The Morgan fingerprint density at radius 3 is 2.65 bits per heavy atom. The molecule has 0 unspecified atom stereocenters. The van der Waals surface area contributed by atoms with Gasteiger partial charge >= 0.3 is 5.97 Å². The fourth-order valence-electron chi connectivity index (χ4n) is 3.72. The zero-order valence-corrected chi connectivity index (χ0v) is 14.1. The molecule has 2 aromatic carbocycles. The van der Waals surface area contributed by atoms with Gasteiger partial charge in [-0.3, -0.25) is 10.1 Å². The molecule has 3 aromatic rings. The van der Waals surface area contributed by atoms with Crippen molar-refractivity contribution in [3.63, 3.8) is 0 Å². The standard InChI is InChI=1S/C19H17N3O4/c1-26-19(23)16-10-14-13-4-2-3-5-15(13)20-18(14)17(21-16)11-6-8-12(9-7-11)22(24)25/h2-9,16-17,20-21H,10H2,1H3/p+1/t16-,17-/m1/s1. The van der Waals surface area contributed by atoms with Gasteiger partial charge in [0.15, 0.2) is 12.1 Å². The number of carbonyl (C=O) groups excluding carboxylic acids is 1. The number of rotatable bonds is 3. The second kappa shape index (κ2) is 6.27. The second-order valence-corrected chi connectivity index (χ2v) is 6.42. The average Bonchev–Trinajstić information content (AvgIpc) is 3.05. The number of quaternary nitrogens is 1. The number of para-hydroxylation sites is 1. The number of hydrogen-bond acceptors (Lipinski definition) is 4. The molecule has 7 heteroatoms. The van der Waals surface area contributed by atoms with Crippen molar-refractivity contribution in [2.24, 2.45) is 0 Å². The number of nitro groups is 1. The number of benzene rings is 2. The highest BCUT2D eigenvalue weighted by atomic mass is 16.6. The van der Waals surface area contributed by atoms with Crippen LogP contribution in [0.4, 0.5) is 5.69 Å². The lowest BCUT2D eigenvalue weighted by molar-refractivity contribution is -0.712. The van der Waals surface area contributed by atoms with Crippen LogP contribution in [0.2, 0.25) is 0 Å². The molecule has 132 valence electrons. The Morgan fingerprint density at radius 1 is 1.23 bits per heavy atom. The Morgan fingerprint density at radius 2 is 1.96 bits per heavy atom. The lowest BCUT2D eigenvalue weighted by Crippen LogP contribution is -2.94. The van der Waals surface area contributed by atoms with Crippen molar-refractivity contribution in [3.05, 3.63) is 75.5 Å². The number of aromatic nitrogens is 1. The Hall–Kier alpha value is -3.19. The lowest BCUT2D eigenvalue weighted by Gasteiger charge is -2.26. The van der Waals surface area contributed by atoms with E-state index in [1.165, 1.54) is 19.2 Å². The molecule has 0 amide bonds. The zero-order chi connectivity index (χ0) is 18.3. The average molecular weight is 352 g/mol. The van der Waals surface area contributed by atoms with Gasteiger partial charge in [-0.15, -0.1) is 0 Å². The highest BCUT2D eigenvalue weighted by Crippen LogP contribution is 2.32. The zero-order valence-electron chi connectivity index (χ0n) is 14.1. The van der Waals surface area contributed by atoms with Crippen LogP contribution in [0.5, 0.6) is 0 Å². The number of ether oxygens (including phenoxy) is 1. The fraction of sp³-hybridized carbons (Fsp3) is 0.211. The summed E-state index contributed by atoms with van der Waals surface area (Å²) >= 11 is 0. The molecule has 0 spiro atoms. The molecule has 1 aliphatic rings. The van der Waals surface area contributed by atoms with Crippen LogP contribution in [0, 0.1) is 10.1 Å². The minimum atomic E-state index is -0.417. The summed E-state index contributed by atoms with van der Waals surface area (Å²) in [6.45, 7) is 0. The van der Waals surface area contributed by atoms with Crippen molar-refractivity contribution >= 4 is 22.6 Å². The minimum absolute atomic E-state index is 0.0472. The third kappa shape index (κ3) is 2.62. The Kier molecular flexibility index (Phi) is 3.93. The maximum Gasteiger partial charge on any atom is 0.364 e. The van der Waals surface area contributed by atoms with Crippen molar-refractivity contribution < 1.29 is 19.8 Å². The first kappa shape index (κ1) is 16.3. The van der Waals surface area contributed by atoms with Gasteiger partial charge in [0.1, 0.15) is 0 Å². The highest BCUT2D eigenvalue weighted by molar-refractivity contribution is 5.86. The van der Waals surface area contributed by atoms with E-state index in [0.717, 1.165) is 27.7 Å². The molecule has 1 aliphatic heterocycles. The van der Waals surface area contributed by atoms with E-state index in [1.54, 1.807) is 12.1 Å². The number of nitro benzene ring substituents is 1. The molecule has 3 N–H and O–H groups in total. The molecule has 4 rings (SSSR count). The Balaban J connectivity index is 1.83. The minimum Gasteiger partial charge on any atom is -0.465 e. The highest BCUT2D eigenvalue weighted by Gasteiger charge is 2.38. The van der Waals surface area contributed by atoms with Crippen molar-refractivity contribution in [1.82, 2.24) is 4.98 Å². The fourth-order valence-corrected chi connectivity index (χ4v) is 3.72. The van der Waals surface area contributed by atoms with Gasteiger partial charge in [-0.2, -0.15) is 0 Å². The number of hydrogen-bond donors (Lipinski definition) is 2. The number of nitrogens with two attached hydrogens (primary N) is 1. The van der Waals surface area contributed by atoms with Gasteiger partial charge in [0.05, 0.1) is 17.7 Å². The van der Waals surface area contributed by atoms with E-state index in [0.29, 0.717) is 6.42 Å². The number of H-pyrrole nitrogens is 1. The van der Waals surface area contributed by atoms with Gasteiger partial charge in [-0.25, -0.2) is 4.79 Å². The number of nitrogens with one attached hydrogen (secondary N) is 1. The molecule has 0 radical (unpaired) electrons. The molecule has 26 heavy (non-hydrogen) atoms. The van der Waals surface area contributed by atoms with Crippen LogP contribution in [0.25, 0.3) is 10.9 Å². The first-order chi connectivity index (χ1) is 12.6. The predicted molar refractivity (Wildman–Crippen MR) is 94.7 cm³/mol. The number of methoxy groups -OCH3 is 1. The monoisotopic (exact) mass is 352 g/mol. The third-order valence-corrected chi connectivity index (χ3v) is 4.97. The third-order valence-electron chi connectivity index (χ3n) is 4.97. The number of fused-ring (bicyclic) bond motifs is 3. The maximum atomic E-state index is 12.2. The van der Waals surface area contributed by atoms with Crippen LogP contribution in [0.15, 0.2) is 48.5 Å². The molecule has 7 nitrogen and oxygen atoms in total. The molecule has 0 saturated carbocycles. The van der Waals surface area contributed by atoms with Crippen LogP contribution in [-0.4, -0.2) is 29.0 Å². The second-order valence-electron chi connectivity index (χ2n) is 6.42. The van der Waals surface area contributed by atoms with E-state index < -0.39 is 4.92 Å². The largest absolute Gasteiger partial charge is 0.465 e. The molecule has 2 atom stereocenters. The first-order valence-electron chi connectivity index (χ1n) is 8.35. The summed E-state index contributed by atoms with van der Waals surface area (Å²) in [5.41, 5.74) is 4.09. The van der Waals surface area contributed by atoms with Crippen LogP contribution in [0.3, 0.4) is 0 Å². The van der Waals surface area contributed by atoms with Gasteiger partial charge in [0.2, 0.25) is 0 Å². The van der Waals surface area contributed by atoms with Gasteiger partial charge in [-0.05, 0) is 23.8 Å². The van der Waals surface area contributed by atoms with Crippen molar-refractivity contribution in [1.29, 1.82) is 0 Å². The van der Waals surface area contributed by atoms with E-state index in [2.05, 4.69) is 4.98 Å². The molecular formula is C19H18N3O4+. The van der Waals surface area contributed by atoms with Gasteiger partial charge in [0, 0.05) is 35.0 Å². The van der Waals surface area contributed by atoms with Crippen molar-refractivity contribution in [3.8, 4) is 0 Å². The summed E-state index contributed by atoms with van der Waals surface area (Å²) in [5, 5.41) is 14.0. The smallest absolute Gasteiger partial charge is 0.364 e. The van der Waals surface area contributed by atoms with Crippen LogP contribution in [-0.2, 0) is 16.0 Å². The molecule has 0 aliphatic carbocycles. The number of esters is 1. The molecule has 0 saturated heterocycles. The number of nitrogens with zero attached hydrogens (tertiary/aromatic N) is 1. The van der Waals surface area contributed by atoms with Gasteiger partial charge < -0.3 is 15.0 Å². The van der Waals surface area contributed by atoms with Crippen LogP contribution < -0.4 is 5.32 Å². The normalized spacial score (nSPS) is 19.1. The van der Waals surface area contributed by atoms with E-state index in [4.69, 9.17) is 4.74 Å². The summed E-state index contributed by atoms with van der Waals surface area (Å²) in [6, 6.07) is 14.0. The van der Waals surface area contributed by atoms with E-state index >= 15 is 0 Å². The summed E-state index contributed by atoms with van der Waals surface area (Å²) in [7, 11) is 1.39. The summed E-state index contributed by atoms with van der Waals surface area (Å²) in [5.74, 6) is -0.271. The van der Waals surface area contributed by atoms with Crippen LogP contribution >= 0.6 is 0 Å². The summed E-state index contributed by atoms with van der Waals surface area (Å²) in [6.07, 6.45) is 0.579. The maximum absolute atomic E-state index is 12.2. The van der Waals surface area contributed by atoms with E-state index in [1.807, 2.05) is 29.6 Å². The Bertz CT molecular complexity index is 994. The number of aromatic amines is 1. The van der Waals surface area contributed by atoms with Gasteiger partial charge in [0.25, 0.3) is 5.69 Å².